The molecule has 2 fully saturated rings. The second kappa shape index (κ2) is 6.31. The number of anilines is 1. The zero-order valence-corrected chi connectivity index (χ0v) is 13.0. The van der Waals surface area contributed by atoms with Gasteiger partial charge in [0.25, 0.3) is 0 Å². The molecule has 0 saturated heterocycles. The van der Waals surface area contributed by atoms with Gasteiger partial charge >= 0.3 is 0 Å². The monoisotopic (exact) mass is 293 g/mol. The maximum atomic E-state index is 6.28. The first-order chi connectivity index (χ1) is 9.78. The lowest BCUT2D eigenvalue weighted by atomic mass is 10.2. The van der Waals surface area contributed by atoms with Crippen LogP contribution < -0.4 is 10.2 Å². The van der Waals surface area contributed by atoms with Crippen LogP contribution in [0, 0.1) is 0 Å². The topological polar surface area (TPSA) is 28.2 Å². The number of nitrogens with zero attached hydrogens (tertiary/aromatic N) is 2. The Kier molecular flexibility index (Phi) is 4.47. The van der Waals surface area contributed by atoms with Gasteiger partial charge in [0.15, 0.2) is 0 Å². The van der Waals surface area contributed by atoms with Gasteiger partial charge < -0.3 is 10.2 Å². The Morgan fingerprint density at radius 1 is 1.30 bits per heavy atom. The lowest BCUT2D eigenvalue weighted by Crippen LogP contribution is -2.28. The van der Waals surface area contributed by atoms with E-state index in [0.717, 1.165) is 29.6 Å². The molecule has 2 saturated carbocycles. The number of rotatable bonds is 8. The zero-order valence-electron chi connectivity index (χ0n) is 12.2. The smallest absolute Gasteiger partial charge is 0.129 e. The molecule has 1 aromatic rings. The average Bonchev–Trinajstić information content (AvgIpc) is 3.33. The van der Waals surface area contributed by atoms with E-state index in [1.807, 2.05) is 6.07 Å². The minimum absolute atomic E-state index is 0.691. The molecule has 2 aliphatic rings. The normalized spacial score (nSPS) is 18.3. The van der Waals surface area contributed by atoms with Crippen molar-refractivity contribution in [3.8, 4) is 0 Å². The minimum atomic E-state index is 0.691. The first-order valence-electron chi connectivity index (χ1n) is 7.93. The third-order valence-corrected chi connectivity index (χ3v) is 4.42. The van der Waals surface area contributed by atoms with Crippen molar-refractivity contribution >= 4 is 17.4 Å². The van der Waals surface area contributed by atoms with E-state index < -0.39 is 0 Å². The molecule has 0 unspecified atom stereocenters. The van der Waals surface area contributed by atoms with Crippen LogP contribution in [0.25, 0.3) is 0 Å². The molecule has 0 aromatic carbocycles. The van der Waals surface area contributed by atoms with Gasteiger partial charge in [-0.3, -0.25) is 0 Å². The van der Waals surface area contributed by atoms with Crippen LogP contribution in [0.1, 0.15) is 51.1 Å². The fourth-order valence-corrected chi connectivity index (χ4v) is 2.66. The molecular weight excluding hydrogens is 270 g/mol. The van der Waals surface area contributed by atoms with Crippen LogP contribution >= 0.6 is 11.6 Å². The molecule has 0 aliphatic heterocycles. The van der Waals surface area contributed by atoms with Gasteiger partial charge in [0.05, 0.1) is 10.7 Å². The van der Waals surface area contributed by atoms with Crippen LogP contribution in [0.3, 0.4) is 0 Å². The standard InChI is InChI=1S/C16H24ClN3/c1-2-3-10-20(13-6-7-13)16-9-8-14(17)15(19-16)11-18-12-4-5-12/h8-9,12-13,18H,2-7,10-11H2,1H3. The van der Waals surface area contributed by atoms with E-state index >= 15 is 0 Å². The second-order valence-corrected chi connectivity index (χ2v) is 6.44. The summed E-state index contributed by atoms with van der Waals surface area (Å²) < 4.78 is 0. The maximum Gasteiger partial charge on any atom is 0.129 e. The van der Waals surface area contributed by atoms with E-state index in [1.165, 1.54) is 38.5 Å². The van der Waals surface area contributed by atoms with Crippen molar-refractivity contribution in [3.05, 3.63) is 22.8 Å². The van der Waals surface area contributed by atoms with Gasteiger partial charge in [0, 0.05) is 25.2 Å². The molecule has 110 valence electrons. The van der Waals surface area contributed by atoms with Crippen LogP contribution in [-0.2, 0) is 6.54 Å². The largest absolute Gasteiger partial charge is 0.354 e. The first-order valence-corrected chi connectivity index (χ1v) is 8.31. The van der Waals surface area contributed by atoms with E-state index in [4.69, 9.17) is 16.6 Å². The number of hydrogen-bond acceptors (Lipinski definition) is 3. The average molecular weight is 294 g/mol. The van der Waals surface area contributed by atoms with Crippen LogP contribution in [0.2, 0.25) is 5.02 Å². The molecular formula is C16H24ClN3. The summed E-state index contributed by atoms with van der Waals surface area (Å²) in [5, 5.41) is 4.29. The highest BCUT2D eigenvalue weighted by molar-refractivity contribution is 6.31. The highest BCUT2D eigenvalue weighted by atomic mass is 35.5. The second-order valence-electron chi connectivity index (χ2n) is 6.03. The molecule has 1 heterocycles. The highest BCUT2D eigenvalue weighted by Gasteiger charge is 2.30. The third-order valence-electron chi connectivity index (χ3n) is 4.07. The van der Waals surface area contributed by atoms with Crippen LogP contribution in [0.15, 0.2) is 12.1 Å². The van der Waals surface area contributed by atoms with E-state index in [2.05, 4.69) is 23.2 Å². The summed E-state index contributed by atoms with van der Waals surface area (Å²) in [6.45, 7) is 4.15. The molecule has 0 bridgehead atoms. The Hall–Kier alpha value is -0.800. The number of pyridine rings is 1. The van der Waals surface area contributed by atoms with E-state index in [1.54, 1.807) is 0 Å². The molecule has 3 nitrogen and oxygen atoms in total. The van der Waals surface area contributed by atoms with Crippen molar-refractivity contribution in [2.24, 2.45) is 0 Å². The van der Waals surface area contributed by atoms with Crippen LogP contribution in [0.5, 0.6) is 0 Å². The summed E-state index contributed by atoms with van der Waals surface area (Å²) in [5.74, 6) is 1.11. The first kappa shape index (κ1) is 14.2. The summed E-state index contributed by atoms with van der Waals surface area (Å²) >= 11 is 6.28. The fraction of sp³-hybridized carbons (Fsp3) is 0.688. The molecule has 0 amide bonds. The number of unbranched alkanes of at least 4 members (excludes halogenated alkanes) is 1. The van der Waals surface area contributed by atoms with E-state index in [0.29, 0.717) is 12.1 Å². The lowest BCUT2D eigenvalue weighted by molar-refractivity contribution is 0.666. The Bertz CT molecular complexity index is 455. The summed E-state index contributed by atoms with van der Waals surface area (Å²) in [7, 11) is 0. The molecule has 1 aromatic heterocycles. The quantitative estimate of drug-likeness (QED) is 0.791. The molecule has 20 heavy (non-hydrogen) atoms. The van der Waals surface area contributed by atoms with Crippen molar-refractivity contribution in [1.29, 1.82) is 0 Å². The Morgan fingerprint density at radius 2 is 2.10 bits per heavy atom. The third kappa shape index (κ3) is 3.64. The molecule has 0 radical (unpaired) electrons. The summed E-state index contributed by atoms with van der Waals surface area (Å²) in [5.41, 5.74) is 0.998. The fourth-order valence-electron chi connectivity index (χ4n) is 2.48. The Labute approximate surface area is 126 Å². The maximum absolute atomic E-state index is 6.28. The lowest BCUT2D eigenvalue weighted by Gasteiger charge is -2.24. The predicted molar refractivity (Wildman–Crippen MR) is 84.4 cm³/mol. The predicted octanol–water partition coefficient (Wildman–Crippen LogP) is 3.76. The number of halogens is 1. The summed E-state index contributed by atoms with van der Waals surface area (Å²) in [4.78, 5) is 7.29. The molecule has 4 heteroatoms. The Morgan fingerprint density at radius 3 is 2.75 bits per heavy atom. The van der Waals surface area contributed by atoms with Gasteiger partial charge in [0.1, 0.15) is 5.82 Å². The molecule has 2 aliphatic carbocycles. The van der Waals surface area contributed by atoms with Crippen LogP contribution in [-0.4, -0.2) is 23.6 Å². The molecule has 1 N–H and O–H groups in total. The van der Waals surface area contributed by atoms with Crippen molar-refractivity contribution in [2.75, 3.05) is 11.4 Å². The van der Waals surface area contributed by atoms with Gasteiger partial charge in [-0.05, 0) is 44.2 Å². The Balaban J connectivity index is 1.71. The molecule has 0 atom stereocenters. The van der Waals surface area contributed by atoms with Gasteiger partial charge in [0.2, 0.25) is 0 Å². The highest BCUT2D eigenvalue weighted by Crippen LogP contribution is 2.32. The summed E-state index contributed by atoms with van der Waals surface area (Å²) in [6, 6.07) is 5.49. The molecule has 3 rings (SSSR count). The van der Waals surface area contributed by atoms with E-state index in [-0.39, 0.29) is 0 Å². The van der Waals surface area contributed by atoms with Crippen molar-refractivity contribution in [1.82, 2.24) is 10.3 Å². The SMILES string of the molecule is CCCCN(c1ccc(Cl)c(CNC2CC2)n1)C1CC1. The number of nitrogens with one attached hydrogen (secondary N) is 1. The van der Waals surface area contributed by atoms with Crippen molar-refractivity contribution < 1.29 is 0 Å². The minimum Gasteiger partial charge on any atom is -0.354 e. The van der Waals surface area contributed by atoms with E-state index in [9.17, 15) is 0 Å². The van der Waals surface area contributed by atoms with Crippen molar-refractivity contribution in [3.63, 3.8) is 0 Å². The van der Waals surface area contributed by atoms with Gasteiger partial charge in [-0.25, -0.2) is 4.98 Å². The number of hydrogen-bond donors (Lipinski definition) is 1. The van der Waals surface area contributed by atoms with Gasteiger partial charge in [-0.1, -0.05) is 24.9 Å². The summed E-state index contributed by atoms with van der Waals surface area (Å²) in [6.07, 6.45) is 7.67. The zero-order chi connectivity index (χ0) is 13.9. The van der Waals surface area contributed by atoms with Crippen molar-refractivity contribution in [2.45, 2.75) is 64.1 Å². The van der Waals surface area contributed by atoms with Gasteiger partial charge in [-0.2, -0.15) is 0 Å². The van der Waals surface area contributed by atoms with Crippen LogP contribution in [0.4, 0.5) is 5.82 Å². The van der Waals surface area contributed by atoms with Gasteiger partial charge in [-0.15, -0.1) is 0 Å². The molecule has 0 spiro atoms. The number of aromatic nitrogens is 1.